The summed E-state index contributed by atoms with van der Waals surface area (Å²) in [6.45, 7) is 23.6. The molecule has 11 nitrogen and oxygen atoms in total. The lowest BCUT2D eigenvalue weighted by atomic mass is 9.77. The van der Waals surface area contributed by atoms with Crippen LogP contribution in [0.5, 0.6) is 0 Å². The summed E-state index contributed by atoms with van der Waals surface area (Å²) < 4.78 is 30.6. The summed E-state index contributed by atoms with van der Waals surface area (Å²) in [7, 11) is 0. The number of hydrogen-bond donors (Lipinski definition) is 1. The molecule has 266 valence electrons. The van der Waals surface area contributed by atoms with Gasteiger partial charge in [0.1, 0.15) is 18.8 Å². The standard InChI is InChI=1S/C35H60O11/c1-15-16-17-21(20(2)18-23(36)37)24-26(45-30(40)34(9,10)11)27(46-31(41)35(12,13)14)25(44-29(39)33(6,7)8)22(43-24)19-42-28(38)32(3,4)5/h20-22,24-27H,15-19H2,1-14H3,(H,36,37)/t20-,21-,22-,24+,25-,26+,27+/m1/s1. The van der Waals surface area contributed by atoms with Crippen molar-refractivity contribution >= 4 is 29.8 Å². The molecule has 7 atom stereocenters. The summed E-state index contributed by atoms with van der Waals surface area (Å²) in [5.41, 5.74) is -3.78. The molecule has 1 saturated heterocycles. The first kappa shape index (κ1) is 41.3. The van der Waals surface area contributed by atoms with Gasteiger partial charge >= 0.3 is 29.8 Å². The molecule has 0 aliphatic carbocycles. The van der Waals surface area contributed by atoms with Crippen molar-refractivity contribution in [3.05, 3.63) is 0 Å². The Morgan fingerprint density at radius 2 is 1.09 bits per heavy atom. The quantitative estimate of drug-likeness (QED) is 0.191. The van der Waals surface area contributed by atoms with Crippen molar-refractivity contribution < 1.29 is 52.8 Å². The molecule has 0 saturated carbocycles. The van der Waals surface area contributed by atoms with Crippen LogP contribution in [-0.4, -0.2) is 72.1 Å². The van der Waals surface area contributed by atoms with Gasteiger partial charge in [0.2, 0.25) is 0 Å². The Labute approximate surface area is 275 Å². The summed E-state index contributed by atoms with van der Waals surface area (Å²) in [6.07, 6.45) is -4.25. The fourth-order valence-corrected chi connectivity index (χ4v) is 4.75. The summed E-state index contributed by atoms with van der Waals surface area (Å²) >= 11 is 0. The third-order valence-corrected chi connectivity index (χ3v) is 7.77. The Hall–Kier alpha value is -2.69. The van der Waals surface area contributed by atoms with Gasteiger partial charge in [0.15, 0.2) is 18.3 Å². The van der Waals surface area contributed by atoms with E-state index in [1.54, 1.807) is 90.0 Å². The molecule has 11 heteroatoms. The summed E-state index contributed by atoms with van der Waals surface area (Å²) in [5, 5.41) is 9.72. The van der Waals surface area contributed by atoms with E-state index in [-0.39, 0.29) is 13.0 Å². The SMILES string of the molecule is CCCC[C@@H]([C@@H]1O[C@H](COC(=O)C(C)(C)C)[C@@H](OC(=O)C(C)(C)C)[C@H](OC(=O)C(C)(C)C)[C@H]1OC(=O)C(C)(C)C)[C@H](C)CC(=O)O. The van der Waals surface area contributed by atoms with Gasteiger partial charge in [-0.05, 0) is 101 Å². The largest absolute Gasteiger partial charge is 0.481 e. The van der Waals surface area contributed by atoms with Crippen LogP contribution in [0.4, 0.5) is 0 Å². The maximum Gasteiger partial charge on any atom is 0.311 e. The highest BCUT2D eigenvalue weighted by molar-refractivity contribution is 5.78. The minimum absolute atomic E-state index is 0.188. The van der Waals surface area contributed by atoms with Gasteiger partial charge in [-0.15, -0.1) is 0 Å². The number of carboxylic acid groups (broad SMARTS) is 1. The molecule has 1 fully saturated rings. The number of ether oxygens (including phenoxy) is 5. The van der Waals surface area contributed by atoms with E-state index >= 15 is 0 Å². The van der Waals surface area contributed by atoms with Gasteiger partial charge in [-0.2, -0.15) is 0 Å². The highest BCUT2D eigenvalue weighted by atomic mass is 16.7. The van der Waals surface area contributed by atoms with E-state index in [0.29, 0.717) is 12.8 Å². The first-order valence-electron chi connectivity index (χ1n) is 16.4. The first-order chi connectivity index (χ1) is 20.7. The van der Waals surface area contributed by atoms with E-state index in [9.17, 15) is 29.1 Å². The summed E-state index contributed by atoms with van der Waals surface area (Å²) in [4.78, 5) is 65.2. The molecule has 1 N–H and O–H groups in total. The number of unbranched alkanes of at least 4 members (excludes halogenated alkanes) is 1. The van der Waals surface area contributed by atoms with E-state index in [0.717, 1.165) is 6.42 Å². The van der Waals surface area contributed by atoms with Gasteiger partial charge in [-0.3, -0.25) is 24.0 Å². The van der Waals surface area contributed by atoms with Crippen LogP contribution in [-0.2, 0) is 47.7 Å². The van der Waals surface area contributed by atoms with Gasteiger partial charge in [0, 0.05) is 6.42 Å². The van der Waals surface area contributed by atoms with Crippen molar-refractivity contribution in [2.45, 2.75) is 153 Å². The Morgan fingerprint density at radius 3 is 1.48 bits per heavy atom. The van der Waals surface area contributed by atoms with Crippen molar-refractivity contribution in [3.8, 4) is 0 Å². The van der Waals surface area contributed by atoms with Crippen LogP contribution < -0.4 is 0 Å². The highest BCUT2D eigenvalue weighted by Gasteiger charge is 2.56. The lowest BCUT2D eigenvalue weighted by Crippen LogP contribution is -2.65. The zero-order valence-electron chi connectivity index (χ0n) is 30.6. The van der Waals surface area contributed by atoms with Gasteiger partial charge in [-0.25, -0.2) is 0 Å². The second kappa shape index (κ2) is 15.9. The number of hydrogen-bond acceptors (Lipinski definition) is 10. The molecule has 1 rings (SSSR count). The molecule has 0 unspecified atom stereocenters. The lowest BCUT2D eigenvalue weighted by Gasteiger charge is -2.49. The molecule has 0 aromatic rings. The Morgan fingerprint density at radius 1 is 0.674 bits per heavy atom. The number of carboxylic acids is 1. The fourth-order valence-electron chi connectivity index (χ4n) is 4.75. The Kier molecular flexibility index (Phi) is 14.3. The maximum absolute atomic E-state index is 13.5. The molecule has 1 aliphatic heterocycles. The molecule has 0 radical (unpaired) electrons. The van der Waals surface area contributed by atoms with Gasteiger partial charge in [-0.1, -0.05) is 26.7 Å². The zero-order valence-corrected chi connectivity index (χ0v) is 30.6. The van der Waals surface area contributed by atoms with Gasteiger partial charge < -0.3 is 28.8 Å². The Balaban J connectivity index is 4.02. The maximum atomic E-state index is 13.5. The van der Waals surface area contributed by atoms with E-state index < -0.39 is 93.9 Å². The number of esters is 4. The molecule has 0 bridgehead atoms. The van der Waals surface area contributed by atoms with E-state index in [2.05, 4.69) is 0 Å². The third-order valence-electron chi connectivity index (χ3n) is 7.77. The Bertz CT molecular complexity index is 1070. The molecule has 1 aliphatic rings. The second-order valence-corrected chi connectivity index (χ2v) is 16.7. The van der Waals surface area contributed by atoms with E-state index in [4.69, 9.17) is 23.7 Å². The van der Waals surface area contributed by atoms with Crippen LogP contribution in [0.1, 0.15) is 123 Å². The minimum atomic E-state index is -1.36. The fraction of sp³-hybridized carbons (Fsp3) is 0.857. The van der Waals surface area contributed by atoms with Crippen LogP contribution in [0, 0.1) is 33.5 Å². The lowest BCUT2D eigenvalue weighted by molar-refractivity contribution is -0.270. The van der Waals surface area contributed by atoms with Crippen LogP contribution in [0.2, 0.25) is 0 Å². The normalized spacial score (nSPS) is 23.9. The average Bonchev–Trinajstić information content (AvgIpc) is 2.87. The molecular weight excluding hydrogens is 596 g/mol. The summed E-state index contributed by atoms with van der Waals surface area (Å²) in [5.74, 6) is -4.34. The van der Waals surface area contributed by atoms with Crippen LogP contribution >= 0.6 is 0 Å². The van der Waals surface area contributed by atoms with Crippen molar-refractivity contribution in [2.24, 2.45) is 33.5 Å². The number of carbonyl (C=O) groups is 5. The third kappa shape index (κ3) is 12.2. The average molecular weight is 657 g/mol. The number of aliphatic carboxylic acids is 1. The van der Waals surface area contributed by atoms with Crippen LogP contribution in [0.15, 0.2) is 0 Å². The van der Waals surface area contributed by atoms with Crippen molar-refractivity contribution in [3.63, 3.8) is 0 Å². The molecule has 0 amide bonds. The molecule has 1 heterocycles. The zero-order chi connectivity index (χ0) is 36.0. The second-order valence-electron chi connectivity index (χ2n) is 16.7. The first-order valence-corrected chi connectivity index (χ1v) is 16.4. The van der Waals surface area contributed by atoms with Crippen molar-refractivity contribution in [1.29, 1.82) is 0 Å². The predicted octanol–water partition coefficient (Wildman–Crippen LogP) is 6.13. The molecule has 0 aromatic carbocycles. The molecule has 46 heavy (non-hydrogen) atoms. The predicted molar refractivity (Wildman–Crippen MR) is 172 cm³/mol. The minimum Gasteiger partial charge on any atom is -0.481 e. The monoisotopic (exact) mass is 656 g/mol. The summed E-state index contributed by atoms with van der Waals surface area (Å²) in [6, 6.07) is 0. The molecular formula is C35H60O11. The van der Waals surface area contributed by atoms with Crippen LogP contribution in [0.25, 0.3) is 0 Å². The number of carbonyl (C=O) groups excluding carboxylic acids is 4. The molecule has 0 spiro atoms. The van der Waals surface area contributed by atoms with Crippen LogP contribution in [0.3, 0.4) is 0 Å². The van der Waals surface area contributed by atoms with E-state index in [1.165, 1.54) is 0 Å². The smallest absolute Gasteiger partial charge is 0.311 e. The van der Waals surface area contributed by atoms with Gasteiger partial charge in [0.25, 0.3) is 0 Å². The topological polar surface area (TPSA) is 152 Å². The molecule has 0 aromatic heterocycles. The van der Waals surface area contributed by atoms with E-state index in [1.807, 2.05) is 6.92 Å². The van der Waals surface area contributed by atoms with Crippen molar-refractivity contribution in [1.82, 2.24) is 0 Å². The van der Waals surface area contributed by atoms with Gasteiger partial charge in [0.05, 0.1) is 21.7 Å². The highest BCUT2D eigenvalue weighted by Crippen LogP contribution is 2.40. The number of rotatable bonds is 12. The van der Waals surface area contributed by atoms with Crippen molar-refractivity contribution in [2.75, 3.05) is 6.61 Å².